The van der Waals surface area contributed by atoms with Gasteiger partial charge in [0.05, 0.1) is 11.1 Å². The summed E-state index contributed by atoms with van der Waals surface area (Å²) in [5, 5.41) is 19.9. The summed E-state index contributed by atoms with van der Waals surface area (Å²) in [4.78, 5) is 25.5. The summed E-state index contributed by atoms with van der Waals surface area (Å²) in [6.45, 7) is 0. The first-order chi connectivity index (χ1) is 12.5. The fourth-order valence-electron chi connectivity index (χ4n) is 3.00. The Morgan fingerprint density at radius 1 is 0.808 bits per heavy atom. The molecule has 6 nitrogen and oxygen atoms in total. The normalized spacial score (nSPS) is 12.5. The van der Waals surface area contributed by atoms with Crippen molar-refractivity contribution in [3.8, 4) is 23.0 Å². The molecule has 6 heteroatoms. The molecule has 128 valence electrons. The number of ketones is 2. The largest absolute Gasteiger partial charge is 0.508 e. The Hall–Kier alpha value is -3.80. The second kappa shape index (κ2) is 5.63. The van der Waals surface area contributed by atoms with E-state index in [4.69, 9.17) is 10.5 Å². The van der Waals surface area contributed by atoms with Crippen molar-refractivity contribution < 1.29 is 24.5 Å². The Labute approximate surface area is 148 Å². The van der Waals surface area contributed by atoms with Crippen LogP contribution in [0.1, 0.15) is 31.8 Å². The number of hydrogen-bond acceptors (Lipinski definition) is 6. The highest BCUT2D eigenvalue weighted by molar-refractivity contribution is 6.31. The van der Waals surface area contributed by atoms with Gasteiger partial charge in [0.2, 0.25) is 0 Å². The van der Waals surface area contributed by atoms with Gasteiger partial charge in [-0.3, -0.25) is 9.59 Å². The fourth-order valence-corrected chi connectivity index (χ4v) is 3.00. The van der Waals surface area contributed by atoms with E-state index in [1.807, 2.05) is 0 Å². The highest BCUT2D eigenvalue weighted by Gasteiger charge is 2.35. The zero-order valence-corrected chi connectivity index (χ0v) is 13.4. The predicted molar refractivity (Wildman–Crippen MR) is 94.0 cm³/mol. The van der Waals surface area contributed by atoms with Gasteiger partial charge in [-0.2, -0.15) is 0 Å². The minimum Gasteiger partial charge on any atom is -0.508 e. The minimum absolute atomic E-state index is 0.0238. The second-order valence-electron chi connectivity index (χ2n) is 5.86. The Morgan fingerprint density at radius 2 is 1.38 bits per heavy atom. The first kappa shape index (κ1) is 15.7. The summed E-state index contributed by atoms with van der Waals surface area (Å²) >= 11 is 0. The monoisotopic (exact) mass is 347 g/mol. The van der Waals surface area contributed by atoms with Crippen LogP contribution in [0.3, 0.4) is 0 Å². The van der Waals surface area contributed by atoms with Crippen LogP contribution < -0.4 is 10.5 Å². The maximum absolute atomic E-state index is 12.8. The van der Waals surface area contributed by atoms with Gasteiger partial charge in [-0.15, -0.1) is 0 Å². The molecule has 0 spiro atoms. The maximum Gasteiger partial charge on any atom is 0.198 e. The topological polar surface area (TPSA) is 110 Å². The van der Waals surface area contributed by atoms with Crippen LogP contribution in [0.2, 0.25) is 0 Å². The zero-order chi connectivity index (χ0) is 18.4. The van der Waals surface area contributed by atoms with E-state index in [1.165, 1.54) is 36.4 Å². The molecule has 1 aliphatic carbocycles. The number of carbonyl (C=O) groups is 2. The van der Waals surface area contributed by atoms with Gasteiger partial charge in [0.1, 0.15) is 11.5 Å². The van der Waals surface area contributed by atoms with Crippen molar-refractivity contribution in [2.75, 3.05) is 5.73 Å². The Balaban J connectivity index is 1.87. The van der Waals surface area contributed by atoms with E-state index in [9.17, 15) is 19.8 Å². The van der Waals surface area contributed by atoms with Gasteiger partial charge in [-0.05, 0) is 24.3 Å². The van der Waals surface area contributed by atoms with Crippen LogP contribution in [-0.4, -0.2) is 21.8 Å². The van der Waals surface area contributed by atoms with E-state index in [0.717, 1.165) is 0 Å². The first-order valence-electron chi connectivity index (χ1n) is 7.78. The Kier molecular flexibility index (Phi) is 3.40. The number of nitrogen functional groups attached to an aromatic ring is 1. The van der Waals surface area contributed by atoms with Crippen molar-refractivity contribution in [1.82, 2.24) is 0 Å². The van der Waals surface area contributed by atoms with Crippen LogP contribution in [0, 0.1) is 0 Å². The van der Waals surface area contributed by atoms with Gasteiger partial charge in [-0.25, -0.2) is 0 Å². The number of benzene rings is 3. The van der Waals surface area contributed by atoms with E-state index < -0.39 is 17.3 Å². The standard InChI is InChI=1S/C20H13NO5/c21-14-9-15(26-11-7-5-10(22)6-8-11)20(25)17-16(14)18(23)12-3-1-2-4-13(12)19(17)24/h1-9,22,25H,21H2. The average molecular weight is 347 g/mol. The molecule has 0 atom stereocenters. The molecule has 0 aromatic heterocycles. The minimum atomic E-state index is -0.490. The lowest BCUT2D eigenvalue weighted by Crippen LogP contribution is -2.22. The van der Waals surface area contributed by atoms with Gasteiger partial charge in [-0.1, -0.05) is 24.3 Å². The van der Waals surface area contributed by atoms with E-state index >= 15 is 0 Å². The highest BCUT2D eigenvalue weighted by Crippen LogP contribution is 2.43. The van der Waals surface area contributed by atoms with Crippen LogP contribution in [0.25, 0.3) is 0 Å². The maximum atomic E-state index is 12.8. The summed E-state index contributed by atoms with van der Waals surface area (Å²) in [6, 6.07) is 13.5. The van der Waals surface area contributed by atoms with Gasteiger partial charge in [0, 0.05) is 22.9 Å². The van der Waals surface area contributed by atoms with Crippen LogP contribution in [0.15, 0.2) is 54.6 Å². The lowest BCUT2D eigenvalue weighted by Gasteiger charge is -2.21. The SMILES string of the molecule is Nc1cc(Oc2ccc(O)cc2)c(O)c2c1C(=O)c1ccccc1C2=O. The molecule has 4 N–H and O–H groups in total. The van der Waals surface area contributed by atoms with Crippen LogP contribution in [-0.2, 0) is 0 Å². The molecule has 3 aromatic rings. The van der Waals surface area contributed by atoms with E-state index in [0.29, 0.717) is 5.75 Å². The van der Waals surface area contributed by atoms with Crippen molar-refractivity contribution in [2.24, 2.45) is 0 Å². The molecule has 0 radical (unpaired) electrons. The van der Waals surface area contributed by atoms with Gasteiger partial charge in [0.15, 0.2) is 23.1 Å². The molecule has 4 rings (SSSR count). The molecule has 0 amide bonds. The molecule has 0 fully saturated rings. The van der Waals surface area contributed by atoms with Crippen molar-refractivity contribution in [2.45, 2.75) is 0 Å². The van der Waals surface area contributed by atoms with E-state index in [2.05, 4.69) is 0 Å². The molecular weight excluding hydrogens is 334 g/mol. The van der Waals surface area contributed by atoms with Crippen molar-refractivity contribution >= 4 is 17.3 Å². The third-order valence-electron chi connectivity index (χ3n) is 4.23. The lowest BCUT2D eigenvalue weighted by atomic mass is 9.82. The van der Waals surface area contributed by atoms with E-state index in [1.54, 1.807) is 18.2 Å². The number of fused-ring (bicyclic) bond motifs is 2. The van der Waals surface area contributed by atoms with Gasteiger partial charge >= 0.3 is 0 Å². The average Bonchev–Trinajstić information content (AvgIpc) is 2.64. The van der Waals surface area contributed by atoms with Crippen molar-refractivity contribution in [1.29, 1.82) is 0 Å². The van der Waals surface area contributed by atoms with Crippen LogP contribution in [0.4, 0.5) is 5.69 Å². The smallest absolute Gasteiger partial charge is 0.198 e. The summed E-state index contributed by atoms with van der Waals surface area (Å²) in [5.41, 5.74) is 6.31. The molecule has 0 aliphatic heterocycles. The quantitative estimate of drug-likeness (QED) is 0.379. The highest BCUT2D eigenvalue weighted by atomic mass is 16.5. The molecule has 0 saturated heterocycles. The van der Waals surface area contributed by atoms with E-state index in [-0.39, 0.29) is 39.4 Å². The number of carbonyl (C=O) groups excluding carboxylic acids is 2. The zero-order valence-electron chi connectivity index (χ0n) is 13.4. The number of phenols is 2. The molecule has 0 bridgehead atoms. The molecule has 1 aliphatic rings. The Morgan fingerprint density at radius 3 is 2.00 bits per heavy atom. The molecule has 0 unspecified atom stereocenters. The van der Waals surface area contributed by atoms with Crippen LogP contribution in [0.5, 0.6) is 23.0 Å². The third-order valence-corrected chi connectivity index (χ3v) is 4.23. The summed E-state index contributed by atoms with van der Waals surface area (Å²) < 4.78 is 5.58. The molecule has 26 heavy (non-hydrogen) atoms. The van der Waals surface area contributed by atoms with Crippen molar-refractivity contribution in [3.05, 3.63) is 76.9 Å². The predicted octanol–water partition coefficient (Wildman–Crippen LogP) is 3.25. The first-order valence-corrected chi connectivity index (χ1v) is 7.78. The molecule has 0 saturated carbocycles. The fraction of sp³-hybridized carbons (Fsp3) is 0. The number of anilines is 1. The molecule has 3 aromatic carbocycles. The van der Waals surface area contributed by atoms with Gasteiger partial charge < -0.3 is 20.7 Å². The molecule has 0 heterocycles. The third kappa shape index (κ3) is 2.28. The number of ether oxygens (including phenoxy) is 1. The van der Waals surface area contributed by atoms with Gasteiger partial charge in [0.25, 0.3) is 0 Å². The number of nitrogens with two attached hydrogens (primary N) is 1. The summed E-state index contributed by atoms with van der Waals surface area (Å²) in [6.07, 6.45) is 0. The second-order valence-corrected chi connectivity index (χ2v) is 5.86. The molecular formula is C20H13NO5. The number of hydrogen-bond donors (Lipinski definition) is 3. The lowest BCUT2D eigenvalue weighted by molar-refractivity contribution is 0.0977. The number of phenolic OH excluding ortho intramolecular Hbond substituents is 2. The van der Waals surface area contributed by atoms with Crippen molar-refractivity contribution in [3.63, 3.8) is 0 Å². The number of aromatic hydroxyl groups is 2. The Bertz CT molecular complexity index is 1070. The number of rotatable bonds is 2. The van der Waals surface area contributed by atoms with Crippen LogP contribution >= 0.6 is 0 Å². The summed E-state index contributed by atoms with van der Waals surface area (Å²) in [5.74, 6) is -1.02. The summed E-state index contributed by atoms with van der Waals surface area (Å²) in [7, 11) is 0.